The molecule has 8 heteroatoms. The number of nitrogens with one attached hydrogen (secondary N) is 2. The number of nitrogens with zero attached hydrogens (tertiary/aromatic N) is 2. The first-order valence-corrected chi connectivity index (χ1v) is 13.8. The van der Waals surface area contributed by atoms with Crippen molar-refractivity contribution in [1.29, 1.82) is 0 Å². The lowest BCUT2D eigenvalue weighted by molar-refractivity contribution is -0.133. The van der Waals surface area contributed by atoms with E-state index >= 15 is 0 Å². The maximum Gasteiger partial charge on any atom is 0.268 e. The van der Waals surface area contributed by atoms with Gasteiger partial charge in [0.1, 0.15) is 0 Å². The summed E-state index contributed by atoms with van der Waals surface area (Å²) in [7, 11) is 0. The van der Waals surface area contributed by atoms with E-state index in [-0.39, 0.29) is 13.1 Å². The molecular formula is C34H26N4O4. The Labute approximate surface area is 240 Å². The van der Waals surface area contributed by atoms with Crippen molar-refractivity contribution < 1.29 is 19.8 Å². The first-order valence-electron chi connectivity index (χ1n) is 13.8. The highest BCUT2D eigenvalue weighted by atomic mass is 16.3. The lowest BCUT2D eigenvalue weighted by atomic mass is 9.87. The van der Waals surface area contributed by atoms with E-state index in [1.54, 1.807) is 36.7 Å². The first-order chi connectivity index (χ1) is 20.4. The number of hydrogen-bond acceptors (Lipinski definition) is 4. The monoisotopic (exact) mass is 554 g/mol. The van der Waals surface area contributed by atoms with Gasteiger partial charge in [-0.05, 0) is 24.3 Å². The SMILES string of the molecule is O=C1N(CCN2C(=O)C(O)(c3c[nH]c4ccccc34)c3ccccc32)c2ccccc2C1(O)c1c[nH]c2ccccc12. The maximum atomic E-state index is 14.1. The van der Waals surface area contributed by atoms with E-state index in [0.29, 0.717) is 33.6 Å². The minimum atomic E-state index is -1.89. The molecule has 0 saturated heterocycles. The molecule has 206 valence electrons. The molecule has 0 fully saturated rings. The van der Waals surface area contributed by atoms with E-state index in [1.807, 2.05) is 72.8 Å². The Hall–Kier alpha value is -5.18. The number of hydrogen-bond donors (Lipinski definition) is 4. The van der Waals surface area contributed by atoms with Gasteiger partial charge in [0.25, 0.3) is 11.8 Å². The van der Waals surface area contributed by atoms with Crippen molar-refractivity contribution >= 4 is 45.0 Å². The molecule has 2 aliphatic rings. The number of H-pyrrole nitrogens is 2. The van der Waals surface area contributed by atoms with Gasteiger partial charge < -0.3 is 30.0 Å². The Balaban J connectivity index is 1.17. The highest BCUT2D eigenvalue weighted by molar-refractivity contribution is 6.13. The first kappa shape index (κ1) is 24.6. The third-order valence-corrected chi connectivity index (χ3v) is 8.78. The summed E-state index contributed by atoms with van der Waals surface area (Å²) in [4.78, 5) is 37.7. The number of aliphatic hydroxyl groups is 2. The van der Waals surface area contributed by atoms with Crippen LogP contribution >= 0.6 is 0 Å². The standard InChI is InChI=1S/C34H26N4O4/c39-31-33(41,25-19-35-27-13-5-1-9-21(25)27)23-11-3-7-15-29(23)37(31)17-18-38-30-16-8-4-12-24(30)34(42,32(38)40)26-20-36-28-14-6-2-10-22(26)28/h1-16,19-20,35-36,41-42H,17-18H2. The van der Waals surface area contributed by atoms with E-state index in [9.17, 15) is 19.8 Å². The number of para-hydroxylation sites is 4. The summed E-state index contributed by atoms with van der Waals surface area (Å²) >= 11 is 0. The largest absolute Gasteiger partial charge is 0.372 e. The topological polar surface area (TPSA) is 113 Å². The van der Waals surface area contributed by atoms with Crippen LogP contribution in [0.3, 0.4) is 0 Å². The molecule has 4 heterocycles. The second-order valence-electron chi connectivity index (χ2n) is 10.9. The smallest absolute Gasteiger partial charge is 0.268 e. The zero-order valence-electron chi connectivity index (χ0n) is 22.4. The highest BCUT2D eigenvalue weighted by Crippen LogP contribution is 2.48. The van der Waals surface area contributed by atoms with Crippen LogP contribution in [0.2, 0.25) is 0 Å². The van der Waals surface area contributed by atoms with Gasteiger partial charge in [-0.15, -0.1) is 0 Å². The number of carbonyl (C=O) groups is 2. The Morgan fingerprint density at radius 3 is 1.36 bits per heavy atom. The van der Waals surface area contributed by atoms with E-state index in [2.05, 4.69) is 9.97 Å². The van der Waals surface area contributed by atoms with Gasteiger partial charge in [0.15, 0.2) is 11.2 Å². The molecule has 2 unspecified atom stereocenters. The average molecular weight is 555 g/mol. The van der Waals surface area contributed by atoms with E-state index in [1.165, 1.54) is 9.80 Å². The second kappa shape index (κ2) is 8.66. The van der Waals surface area contributed by atoms with Crippen molar-refractivity contribution in [2.45, 2.75) is 11.2 Å². The van der Waals surface area contributed by atoms with Crippen LogP contribution in [0.1, 0.15) is 22.3 Å². The molecule has 2 aliphatic heterocycles. The van der Waals surface area contributed by atoms with Crippen LogP contribution < -0.4 is 9.80 Å². The molecule has 2 amide bonds. The molecule has 8 rings (SSSR count). The molecule has 4 N–H and O–H groups in total. The fourth-order valence-corrected chi connectivity index (χ4v) is 6.78. The number of rotatable bonds is 5. The van der Waals surface area contributed by atoms with E-state index < -0.39 is 23.0 Å². The van der Waals surface area contributed by atoms with Crippen LogP contribution in [0, 0.1) is 0 Å². The van der Waals surface area contributed by atoms with Gasteiger partial charge in [0, 0.05) is 69.5 Å². The summed E-state index contributed by atoms with van der Waals surface area (Å²) in [5.74, 6) is -0.972. The molecule has 42 heavy (non-hydrogen) atoms. The molecule has 4 aromatic carbocycles. The minimum Gasteiger partial charge on any atom is -0.372 e. The number of aromatic amines is 2. The molecule has 0 bridgehead atoms. The van der Waals surface area contributed by atoms with E-state index in [4.69, 9.17) is 0 Å². The summed E-state index contributed by atoms with van der Waals surface area (Å²) in [6.45, 7) is 0.231. The summed E-state index contributed by atoms with van der Waals surface area (Å²) in [6.07, 6.45) is 3.37. The summed E-state index contributed by atoms with van der Waals surface area (Å²) in [5.41, 5.74) is 0.960. The predicted molar refractivity (Wildman–Crippen MR) is 160 cm³/mol. The highest BCUT2D eigenvalue weighted by Gasteiger charge is 2.54. The molecule has 0 radical (unpaired) electrons. The fourth-order valence-electron chi connectivity index (χ4n) is 6.78. The molecule has 8 nitrogen and oxygen atoms in total. The van der Waals surface area contributed by atoms with Crippen LogP contribution in [-0.4, -0.2) is 45.1 Å². The molecule has 2 aromatic heterocycles. The third kappa shape index (κ3) is 3.07. The van der Waals surface area contributed by atoms with Crippen molar-refractivity contribution in [2.24, 2.45) is 0 Å². The van der Waals surface area contributed by atoms with Gasteiger partial charge in [-0.3, -0.25) is 9.59 Å². The normalized spacial score (nSPS) is 21.5. The Kier molecular flexibility index (Phi) is 5.07. The maximum absolute atomic E-state index is 14.1. The van der Waals surface area contributed by atoms with Crippen LogP contribution in [0.4, 0.5) is 11.4 Å². The van der Waals surface area contributed by atoms with Crippen molar-refractivity contribution in [2.75, 3.05) is 22.9 Å². The van der Waals surface area contributed by atoms with Gasteiger partial charge in [0.2, 0.25) is 0 Å². The Morgan fingerprint density at radius 1 is 0.524 bits per heavy atom. The molecular weight excluding hydrogens is 528 g/mol. The van der Waals surface area contributed by atoms with Crippen molar-refractivity contribution in [3.63, 3.8) is 0 Å². The van der Waals surface area contributed by atoms with Crippen LogP contribution in [0.25, 0.3) is 21.8 Å². The van der Waals surface area contributed by atoms with Crippen molar-refractivity contribution in [3.8, 4) is 0 Å². The second-order valence-corrected chi connectivity index (χ2v) is 10.9. The van der Waals surface area contributed by atoms with Crippen LogP contribution in [-0.2, 0) is 20.8 Å². The van der Waals surface area contributed by atoms with Crippen molar-refractivity contribution in [3.05, 3.63) is 132 Å². The van der Waals surface area contributed by atoms with Crippen molar-refractivity contribution in [1.82, 2.24) is 9.97 Å². The van der Waals surface area contributed by atoms with Gasteiger partial charge in [0.05, 0.1) is 11.4 Å². The zero-order chi connectivity index (χ0) is 28.6. The van der Waals surface area contributed by atoms with Crippen LogP contribution in [0.15, 0.2) is 109 Å². The third-order valence-electron chi connectivity index (χ3n) is 8.78. The van der Waals surface area contributed by atoms with Gasteiger partial charge >= 0.3 is 0 Å². The van der Waals surface area contributed by atoms with E-state index in [0.717, 1.165) is 21.8 Å². The zero-order valence-corrected chi connectivity index (χ0v) is 22.4. The number of carbonyl (C=O) groups excluding carboxylic acids is 2. The molecule has 0 spiro atoms. The molecule has 0 aliphatic carbocycles. The number of amides is 2. The number of anilines is 2. The Bertz CT molecular complexity index is 1910. The minimum absolute atomic E-state index is 0.116. The van der Waals surface area contributed by atoms with Gasteiger partial charge in [-0.25, -0.2) is 0 Å². The molecule has 2 atom stereocenters. The Morgan fingerprint density at radius 2 is 0.905 bits per heavy atom. The number of aromatic nitrogens is 2. The number of benzene rings is 4. The van der Waals surface area contributed by atoms with Gasteiger partial charge in [-0.1, -0.05) is 72.8 Å². The summed E-state index contributed by atoms with van der Waals surface area (Å²) < 4.78 is 0. The fraction of sp³-hybridized carbons (Fsp3) is 0.118. The van der Waals surface area contributed by atoms with Gasteiger partial charge in [-0.2, -0.15) is 0 Å². The average Bonchev–Trinajstić information content (AvgIpc) is 3.76. The lowest BCUT2D eigenvalue weighted by Crippen LogP contribution is -2.47. The number of fused-ring (bicyclic) bond motifs is 4. The van der Waals surface area contributed by atoms with Crippen LogP contribution in [0.5, 0.6) is 0 Å². The molecule has 6 aromatic rings. The summed E-state index contributed by atoms with van der Waals surface area (Å²) in [5, 5.41) is 25.8. The quantitative estimate of drug-likeness (QED) is 0.251. The predicted octanol–water partition coefficient (Wildman–Crippen LogP) is 4.51. The summed E-state index contributed by atoms with van der Waals surface area (Å²) in [6, 6.07) is 29.5. The molecule has 0 saturated carbocycles. The lowest BCUT2D eigenvalue weighted by Gasteiger charge is -2.26.